The predicted octanol–water partition coefficient (Wildman–Crippen LogP) is 4.48. The van der Waals surface area contributed by atoms with Crippen LogP contribution in [0.5, 0.6) is 0 Å². The number of amides is 1. The molecule has 0 spiro atoms. The van der Waals surface area contributed by atoms with Gasteiger partial charge >= 0.3 is 6.18 Å². The summed E-state index contributed by atoms with van der Waals surface area (Å²) in [4.78, 5) is 15.4. The highest BCUT2D eigenvalue weighted by Gasteiger charge is 2.30. The van der Waals surface area contributed by atoms with Crippen LogP contribution < -0.4 is 5.32 Å². The van der Waals surface area contributed by atoms with Crippen LogP contribution in [0.4, 0.5) is 18.9 Å². The summed E-state index contributed by atoms with van der Waals surface area (Å²) >= 11 is 0. The number of alkyl halides is 3. The molecular weight excluding hydrogens is 419 g/mol. The minimum atomic E-state index is -4.54. The van der Waals surface area contributed by atoms with Gasteiger partial charge in [-0.2, -0.15) is 13.2 Å². The third-order valence-corrected chi connectivity index (χ3v) is 6.11. The molecule has 0 aliphatic heterocycles. The van der Waals surface area contributed by atoms with Crippen LogP contribution in [0, 0.1) is 0 Å². The van der Waals surface area contributed by atoms with Crippen LogP contribution in [0.2, 0.25) is 0 Å². The molecule has 0 saturated heterocycles. The van der Waals surface area contributed by atoms with Crippen molar-refractivity contribution in [1.29, 1.82) is 0 Å². The van der Waals surface area contributed by atoms with Gasteiger partial charge in [-0.05, 0) is 48.5 Å². The number of carbonyl (C=O) groups is 1. The zero-order valence-electron chi connectivity index (χ0n) is 15.1. The second-order valence-corrected chi connectivity index (χ2v) is 8.34. The first-order valence-corrected chi connectivity index (χ1v) is 10.1. The third-order valence-electron chi connectivity index (χ3n) is 4.48. The van der Waals surface area contributed by atoms with E-state index in [0.29, 0.717) is 5.39 Å². The lowest BCUT2D eigenvalue weighted by Gasteiger charge is -2.09. The lowest BCUT2D eigenvalue weighted by atomic mass is 10.2. The molecule has 2 heterocycles. The molecule has 2 aromatic heterocycles. The molecule has 6 nitrogen and oxygen atoms in total. The number of nitrogens with zero attached hydrogens (tertiary/aromatic N) is 1. The Kier molecular flexibility index (Phi) is 4.65. The van der Waals surface area contributed by atoms with Crippen LogP contribution in [0.3, 0.4) is 0 Å². The molecule has 0 radical (unpaired) electrons. The van der Waals surface area contributed by atoms with Crippen molar-refractivity contribution in [3.63, 3.8) is 0 Å². The van der Waals surface area contributed by atoms with Crippen LogP contribution in [0.25, 0.3) is 10.9 Å². The molecule has 0 fully saturated rings. The number of carbonyl (C=O) groups excluding carboxylic acids is 1. The molecule has 0 aliphatic rings. The Balaban J connectivity index is 1.58. The SMILES string of the molecule is O=C(Nc1cccc(C(F)(F)F)c1)c1ccn(S(=O)(=O)c2ccc3[nH]ccc3c2)c1. The number of benzene rings is 2. The molecule has 0 saturated carbocycles. The number of aromatic nitrogens is 2. The van der Waals surface area contributed by atoms with E-state index in [-0.39, 0.29) is 16.1 Å². The van der Waals surface area contributed by atoms with Crippen molar-refractivity contribution in [1.82, 2.24) is 8.96 Å². The van der Waals surface area contributed by atoms with Crippen molar-refractivity contribution in [3.8, 4) is 0 Å². The van der Waals surface area contributed by atoms with Gasteiger partial charge in [0.15, 0.2) is 0 Å². The standard InChI is InChI=1S/C20H14F3N3O3S/c21-20(22,23)15-2-1-3-16(11-15)25-19(27)14-7-9-26(12-14)30(28,29)17-4-5-18-13(10-17)6-8-24-18/h1-12,24H,(H,25,27). The fourth-order valence-corrected chi connectivity index (χ4v) is 4.18. The summed E-state index contributed by atoms with van der Waals surface area (Å²) in [5, 5.41) is 3.06. The number of anilines is 1. The highest BCUT2D eigenvalue weighted by atomic mass is 32.2. The van der Waals surface area contributed by atoms with Crippen molar-refractivity contribution in [2.75, 3.05) is 5.32 Å². The number of H-pyrrole nitrogens is 1. The summed E-state index contributed by atoms with van der Waals surface area (Å²) in [6, 6.07) is 11.8. The first kappa shape index (κ1) is 19.8. The summed E-state index contributed by atoms with van der Waals surface area (Å²) < 4.78 is 65.0. The van der Waals surface area contributed by atoms with E-state index in [0.717, 1.165) is 27.8 Å². The Bertz CT molecular complexity index is 1350. The molecule has 0 unspecified atom stereocenters. The zero-order valence-corrected chi connectivity index (χ0v) is 16.0. The van der Waals surface area contributed by atoms with Crippen LogP contribution in [-0.4, -0.2) is 23.3 Å². The Labute approximate surface area is 169 Å². The lowest BCUT2D eigenvalue weighted by Crippen LogP contribution is -2.14. The van der Waals surface area contributed by atoms with Gasteiger partial charge < -0.3 is 10.3 Å². The Hall–Kier alpha value is -3.53. The Morgan fingerprint density at radius 2 is 1.83 bits per heavy atom. The topological polar surface area (TPSA) is 84.0 Å². The van der Waals surface area contributed by atoms with Crippen LogP contribution in [0.1, 0.15) is 15.9 Å². The normalized spacial score (nSPS) is 12.2. The average Bonchev–Trinajstić information content (AvgIpc) is 3.37. The van der Waals surface area contributed by atoms with Crippen LogP contribution >= 0.6 is 0 Å². The van der Waals surface area contributed by atoms with Crippen molar-refractivity contribution in [3.05, 3.63) is 84.3 Å². The van der Waals surface area contributed by atoms with Crippen LogP contribution in [-0.2, 0) is 16.2 Å². The number of nitrogens with one attached hydrogen (secondary N) is 2. The second kappa shape index (κ2) is 7.06. The van der Waals surface area contributed by atoms with Crippen molar-refractivity contribution in [2.45, 2.75) is 11.1 Å². The number of rotatable bonds is 4. The summed E-state index contributed by atoms with van der Waals surface area (Å²) in [5.74, 6) is -0.732. The van der Waals surface area contributed by atoms with E-state index >= 15 is 0 Å². The van der Waals surface area contributed by atoms with Gasteiger partial charge in [-0.1, -0.05) is 6.07 Å². The van der Waals surface area contributed by atoms with Gasteiger partial charge in [0, 0.05) is 35.2 Å². The molecular formula is C20H14F3N3O3S. The molecule has 30 heavy (non-hydrogen) atoms. The summed E-state index contributed by atoms with van der Waals surface area (Å²) in [5.41, 5.74) is -0.190. The van der Waals surface area contributed by atoms with Crippen molar-refractivity contribution >= 4 is 32.5 Å². The Morgan fingerprint density at radius 1 is 1.03 bits per heavy atom. The molecule has 0 bridgehead atoms. The second-order valence-electron chi connectivity index (χ2n) is 6.49. The zero-order chi connectivity index (χ0) is 21.5. The summed E-state index contributed by atoms with van der Waals surface area (Å²) in [7, 11) is -3.95. The van der Waals surface area contributed by atoms with Gasteiger partial charge in [0.05, 0.1) is 16.0 Å². The minimum absolute atomic E-state index is 0.0151. The quantitative estimate of drug-likeness (QED) is 0.498. The summed E-state index contributed by atoms with van der Waals surface area (Å²) in [6.45, 7) is 0. The van der Waals surface area contributed by atoms with Gasteiger partial charge in [-0.25, -0.2) is 12.4 Å². The van der Waals surface area contributed by atoms with E-state index in [1.165, 1.54) is 36.5 Å². The van der Waals surface area contributed by atoms with Crippen molar-refractivity contribution in [2.24, 2.45) is 0 Å². The first-order valence-electron chi connectivity index (χ1n) is 8.64. The molecule has 2 aromatic carbocycles. The highest BCUT2D eigenvalue weighted by Crippen LogP contribution is 2.30. The fraction of sp³-hybridized carbons (Fsp3) is 0.0500. The Morgan fingerprint density at radius 3 is 2.60 bits per heavy atom. The first-order chi connectivity index (χ1) is 14.1. The smallest absolute Gasteiger partial charge is 0.361 e. The van der Waals surface area contributed by atoms with Gasteiger partial charge in [0.2, 0.25) is 0 Å². The predicted molar refractivity (Wildman–Crippen MR) is 105 cm³/mol. The van der Waals surface area contributed by atoms with Gasteiger partial charge in [-0.3, -0.25) is 4.79 Å². The van der Waals surface area contributed by atoms with Gasteiger partial charge in [0.25, 0.3) is 15.9 Å². The summed E-state index contributed by atoms with van der Waals surface area (Å²) in [6.07, 6.45) is -0.539. The molecule has 0 atom stereocenters. The maximum atomic E-state index is 12.8. The molecule has 10 heteroatoms. The van der Waals surface area contributed by atoms with Gasteiger partial charge in [-0.15, -0.1) is 0 Å². The fourth-order valence-electron chi connectivity index (χ4n) is 2.95. The molecule has 2 N–H and O–H groups in total. The van der Waals surface area contributed by atoms with E-state index < -0.39 is 27.7 Å². The highest BCUT2D eigenvalue weighted by molar-refractivity contribution is 7.90. The monoisotopic (exact) mass is 433 g/mol. The number of halogens is 3. The van der Waals surface area contributed by atoms with E-state index in [1.807, 2.05) is 0 Å². The molecule has 1 amide bonds. The largest absolute Gasteiger partial charge is 0.416 e. The van der Waals surface area contributed by atoms with E-state index in [9.17, 15) is 26.4 Å². The van der Waals surface area contributed by atoms with Crippen molar-refractivity contribution < 1.29 is 26.4 Å². The lowest BCUT2D eigenvalue weighted by molar-refractivity contribution is -0.137. The maximum Gasteiger partial charge on any atom is 0.416 e. The number of hydrogen-bond acceptors (Lipinski definition) is 3. The molecule has 0 aliphatic carbocycles. The molecule has 154 valence electrons. The third kappa shape index (κ3) is 3.69. The van der Waals surface area contributed by atoms with Crippen LogP contribution in [0.15, 0.2) is 78.1 Å². The molecule has 4 rings (SSSR count). The van der Waals surface area contributed by atoms with E-state index in [2.05, 4.69) is 10.3 Å². The minimum Gasteiger partial charge on any atom is -0.361 e. The average molecular weight is 433 g/mol. The number of fused-ring (bicyclic) bond motifs is 1. The number of aromatic amines is 1. The number of hydrogen-bond donors (Lipinski definition) is 2. The van der Waals surface area contributed by atoms with Gasteiger partial charge in [0.1, 0.15) is 0 Å². The van der Waals surface area contributed by atoms with E-state index in [4.69, 9.17) is 0 Å². The molecule has 4 aromatic rings. The maximum absolute atomic E-state index is 12.8. The van der Waals surface area contributed by atoms with E-state index in [1.54, 1.807) is 18.3 Å².